The molecule has 0 aromatic carbocycles. The van der Waals surface area contributed by atoms with Crippen LogP contribution in [-0.4, -0.2) is 66.8 Å². The SMILES string of the molecule is C[Si](C)(C)CCOc1nc(Cl)ccc1C=O.C[Si](C)(C)CCOc1nc(Cl)ccc1CO.O=C(O)c1ccc(Cl)nc1Cl. The molecular weight excluding hydrogens is 672 g/mol. The second-order valence-corrected chi connectivity index (χ2v) is 24.3. The molecule has 0 aliphatic rings. The highest BCUT2D eigenvalue weighted by Crippen LogP contribution is 2.21. The first-order valence-electron chi connectivity index (χ1n) is 13.1. The number of aromatic nitrogens is 3. The Morgan fingerprint density at radius 3 is 1.70 bits per heavy atom. The van der Waals surface area contributed by atoms with E-state index >= 15 is 0 Å². The van der Waals surface area contributed by atoms with E-state index in [-0.39, 0.29) is 22.5 Å². The lowest BCUT2D eigenvalue weighted by Crippen LogP contribution is -2.22. The Morgan fingerprint density at radius 2 is 1.23 bits per heavy atom. The molecule has 236 valence electrons. The smallest absolute Gasteiger partial charge is 0.338 e. The predicted octanol–water partition coefficient (Wildman–Crippen LogP) is 8.30. The van der Waals surface area contributed by atoms with Crippen molar-refractivity contribution in [2.45, 2.75) is 58.0 Å². The Bertz CT molecular complexity index is 1360. The summed E-state index contributed by atoms with van der Waals surface area (Å²) in [7, 11) is -2.23. The van der Waals surface area contributed by atoms with Crippen LogP contribution in [0.5, 0.6) is 11.8 Å². The van der Waals surface area contributed by atoms with E-state index in [4.69, 9.17) is 66.1 Å². The third-order valence-electron chi connectivity index (χ3n) is 5.28. The lowest BCUT2D eigenvalue weighted by molar-refractivity contribution is 0.0696. The van der Waals surface area contributed by atoms with E-state index in [1.165, 1.54) is 12.1 Å². The molecule has 0 amide bonds. The number of nitrogens with zero attached hydrogens (tertiary/aromatic N) is 3. The van der Waals surface area contributed by atoms with Crippen molar-refractivity contribution in [3.05, 3.63) is 73.7 Å². The number of pyridine rings is 3. The minimum atomic E-state index is -1.13. The van der Waals surface area contributed by atoms with E-state index in [0.717, 1.165) is 18.4 Å². The normalized spacial score (nSPS) is 11.0. The van der Waals surface area contributed by atoms with Gasteiger partial charge in [0.15, 0.2) is 6.29 Å². The van der Waals surface area contributed by atoms with Crippen LogP contribution in [0.25, 0.3) is 0 Å². The summed E-state index contributed by atoms with van der Waals surface area (Å²) in [6.07, 6.45) is 0.729. The zero-order valence-corrected chi connectivity index (χ0v) is 30.0. The van der Waals surface area contributed by atoms with Crippen LogP contribution in [0.1, 0.15) is 26.3 Å². The molecule has 15 heteroatoms. The molecule has 0 radical (unpaired) electrons. The van der Waals surface area contributed by atoms with Gasteiger partial charge in [-0.25, -0.2) is 19.7 Å². The number of aldehydes is 1. The van der Waals surface area contributed by atoms with Gasteiger partial charge < -0.3 is 19.7 Å². The summed E-state index contributed by atoms with van der Waals surface area (Å²) in [4.78, 5) is 32.7. The number of carbonyl (C=O) groups is 2. The number of carboxylic acids is 1. The van der Waals surface area contributed by atoms with Crippen LogP contribution in [0.2, 0.25) is 72.0 Å². The van der Waals surface area contributed by atoms with Crippen molar-refractivity contribution >= 4 is 74.8 Å². The second kappa shape index (κ2) is 18.5. The van der Waals surface area contributed by atoms with Crippen molar-refractivity contribution in [3.8, 4) is 11.8 Å². The number of hydrogen-bond acceptors (Lipinski definition) is 8. The minimum Gasteiger partial charge on any atom is -0.478 e. The van der Waals surface area contributed by atoms with E-state index in [0.29, 0.717) is 46.4 Å². The van der Waals surface area contributed by atoms with Gasteiger partial charge in [0.2, 0.25) is 11.8 Å². The van der Waals surface area contributed by atoms with Crippen LogP contribution < -0.4 is 9.47 Å². The second-order valence-electron chi connectivity index (χ2n) is 11.5. The van der Waals surface area contributed by atoms with Crippen LogP contribution >= 0.6 is 46.4 Å². The standard InChI is InChI=1S/C11H18ClNO2Si.C11H16ClNO2Si.C6H3Cl2NO2/c2*1-16(2,3)7-6-15-11-9(8-14)4-5-10(12)13-11;7-4-2-1-3(6(10)11)5(8)9-4/h4-5,14H,6-8H2,1-3H3;4-5,8H,6-7H2,1-3H3;1-2H,(H,10,11). The summed E-state index contributed by atoms with van der Waals surface area (Å²) in [5.74, 6) is -0.326. The number of aliphatic hydroxyl groups excluding tert-OH is 1. The Kier molecular flexibility index (Phi) is 16.7. The maximum atomic E-state index is 10.7. The zero-order valence-electron chi connectivity index (χ0n) is 25.0. The van der Waals surface area contributed by atoms with Crippen LogP contribution in [0, 0.1) is 0 Å². The molecule has 3 aromatic heterocycles. The Morgan fingerprint density at radius 1 is 0.767 bits per heavy atom. The number of ether oxygens (including phenoxy) is 2. The summed E-state index contributed by atoms with van der Waals surface area (Å²) in [5.41, 5.74) is 1.08. The molecule has 0 atom stereocenters. The van der Waals surface area contributed by atoms with E-state index < -0.39 is 22.1 Å². The first kappa shape index (κ1) is 38.8. The van der Waals surface area contributed by atoms with E-state index in [2.05, 4.69) is 54.2 Å². The molecule has 43 heavy (non-hydrogen) atoms. The van der Waals surface area contributed by atoms with Crippen LogP contribution in [0.3, 0.4) is 0 Å². The fourth-order valence-electron chi connectivity index (χ4n) is 2.81. The maximum Gasteiger partial charge on any atom is 0.338 e. The van der Waals surface area contributed by atoms with Gasteiger partial charge in [-0.3, -0.25) is 4.79 Å². The number of carbonyl (C=O) groups excluding carboxylic acids is 1. The molecule has 0 aliphatic carbocycles. The lowest BCUT2D eigenvalue weighted by Gasteiger charge is -2.16. The fourth-order valence-corrected chi connectivity index (χ4v) is 4.94. The highest BCUT2D eigenvalue weighted by Gasteiger charge is 2.15. The van der Waals surface area contributed by atoms with Gasteiger partial charge >= 0.3 is 5.97 Å². The number of aromatic carboxylic acids is 1. The molecule has 0 saturated carbocycles. The lowest BCUT2D eigenvalue weighted by atomic mass is 10.3. The highest BCUT2D eigenvalue weighted by molar-refractivity contribution is 6.76. The van der Waals surface area contributed by atoms with Gasteiger partial charge in [0.05, 0.1) is 30.9 Å². The Labute approximate surface area is 274 Å². The van der Waals surface area contributed by atoms with Gasteiger partial charge in [0, 0.05) is 21.7 Å². The largest absolute Gasteiger partial charge is 0.478 e. The molecule has 2 N–H and O–H groups in total. The molecule has 0 aliphatic heterocycles. The van der Waals surface area contributed by atoms with Crippen LogP contribution in [-0.2, 0) is 6.61 Å². The van der Waals surface area contributed by atoms with E-state index in [1.54, 1.807) is 24.3 Å². The maximum absolute atomic E-state index is 10.7. The molecule has 0 spiro atoms. The Balaban J connectivity index is 0.000000329. The summed E-state index contributed by atoms with van der Waals surface area (Å²) in [6, 6.07) is 11.4. The first-order valence-corrected chi connectivity index (χ1v) is 22.1. The molecule has 3 heterocycles. The van der Waals surface area contributed by atoms with Crippen molar-refractivity contribution in [3.63, 3.8) is 0 Å². The molecule has 3 aromatic rings. The van der Waals surface area contributed by atoms with Crippen molar-refractivity contribution < 1.29 is 29.3 Å². The molecular formula is C28H37Cl4N3O6Si2. The quantitative estimate of drug-likeness (QED) is 0.115. The van der Waals surface area contributed by atoms with E-state index in [1.807, 2.05) is 0 Å². The summed E-state index contributed by atoms with van der Waals surface area (Å²) >= 11 is 22.4. The molecule has 0 saturated heterocycles. The van der Waals surface area contributed by atoms with Crippen LogP contribution in [0.15, 0.2) is 36.4 Å². The number of hydrogen-bond donors (Lipinski definition) is 2. The summed E-state index contributed by atoms with van der Waals surface area (Å²) in [5, 5.41) is 18.4. The number of carboxylic acid groups (broad SMARTS) is 1. The third-order valence-corrected chi connectivity index (χ3v) is 9.61. The average Bonchev–Trinajstić information content (AvgIpc) is 2.88. The van der Waals surface area contributed by atoms with Crippen molar-refractivity contribution in [1.82, 2.24) is 15.0 Å². The average molecular weight is 710 g/mol. The molecule has 0 bridgehead atoms. The van der Waals surface area contributed by atoms with Gasteiger partial charge in [0.25, 0.3) is 0 Å². The molecule has 9 nitrogen and oxygen atoms in total. The first-order chi connectivity index (χ1) is 20.0. The van der Waals surface area contributed by atoms with E-state index in [9.17, 15) is 9.59 Å². The molecule has 0 unspecified atom stereocenters. The number of rotatable bonds is 11. The van der Waals surface area contributed by atoms with Crippen LogP contribution in [0.4, 0.5) is 0 Å². The van der Waals surface area contributed by atoms with Gasteiger partial charge in [-0.2, -0.15) is 0 Å². The predicted molar refractivity (Wildman–Crippen MR) is 178 cm³/mol. The van der Waals surface area contributed by atoms with Crippen molar-refractivity contribution in [2.24, 2.45) is 0 Å². The fraction of sp³-hybridized carbons (Fsp3) is 0.393. The summed E-state index contributed by atoms with van der Waals surface area (Å²) in [6.45, 7) is 14.8. The Hall–Kier alpha value is -2.26. The van der Waals surface area contributed by atoms with Crippen molar-refractivity contribution in [1.29, 1.82) is 0 Å². The zero-order chi connectivity index (χ0) is 32.8. The number of halogens is 4. The highest BCUT2D eigenvalue weighted by atomic mass is 35.5. The van der Waals surface area contributed by atoms with Gasteiger partial charge in [-0.1, -0.05) is 85.7 Å². The monoisotopic (exact) mass is 707 g/mol. The number of aliphatic hydroxyl groups is 1. The third kappa shape index (κ3) is 16.4. The van der Waals surface area contributed by atoms with Gasteiger partial charge in [-0.05, 0) is 48.5 Å². The molecule has 3 rings (SSSR count). The minimum absolute atomic E-state index is 0.0453. The van der Waals surface area contributed by atoms with Crippen molar-refractivity contribution in [2.75, 3.05) is 13.2 Å². The molecule has 0 fully saturated rings. The summed E-state index contributed by atoms with van der Waals surface area (Å²) < 4.78 is 11.1. The van der Waals surface area contributed by atoms with Gasteiger partial charge in [0.1, 0.15) is 20.6 Å². The topological polar surface area (TPSA) is 132 Å². The van der Waals surface area contributed by atoms with Gasteiger partial charge in [-0.15, -0.1) is 0 Å².